The van der Waals surface area contributed by atoms with E-state index >= 15 is 0 Å². The van der Waals surface area contributed by atoms with Gasteiger partial charge in [-0.3, -0.25) is 4.79 Å². The molecule has 1 aliphatic heterocycles. The van der Waals surface area contributed by atoms with E-state index in [9.17, 15) is 9.90 Å². The van der Waals surface area contributed by atoms with Crippen LogP contribution >= 0.6 is 0 Å². The van der Waals surface area contributed by atoms with E-state index in [4.69, 9.17) is 5.73 Å². The van der Waals surface area contributed by atoms with Crippen LogP contribution in [-0.4, -0.2) is 29.7 Å². The third-order valence-electron chi connectivity index (χ3n) is 1.82. The lowest BCUT2D eigenvalue weighted by Crippen LogP contribution is -2.54. The molecule has 4 N–H and O–H groups in total. The summed E-state index contributed by atoms with van der Waals surface area (Å²) in [6, 6.07) is 0. The summed E-state index contributed by atoms with van der Waals surface area (Å²) in [5.41, 5.74) is 3.68. The van der Waals surface area contributed by atoms with Crippen molar-refractivity contribution < 1.29 is 9.90 Å². The van der Waals surface area contributed by atoms with Crippen molar-refractivity contribution in [2.45, 2.75) is 18.4 Å². The number of piperidine rings is 1. The van der Waals surface area contributed by atoms with Gasteiger partial charge in [-0.15, -0.1) is 0 Å². The normalized spacial score (nSPS) is 33.7. The lowest BCUT2D eigenvalue weighted by atomic mass is 9.94. The molecule has 0 aliphatic carbocycles. The van der Waals surface area contributed by atoms with E-state index in [1.165, 1.54) is 0 Å². The SMILES string of the molecule is NC(=O)C1(O)CCCNC1. The van der Waals surface area contributed by atoms with Gasteiger partial charge >= 0.3 is 0 Å². The molecule has 0 aromatic carbocycles. The van der Waals surface area contributed by atoms with Crippen LogP contribution in [-0.2, 0) is 4.79 Å². The van der Waals surface area contributed by atoms with Gasteiger partial charge in [0.2, 0.25) is 0 Å². The number of β-amino-alcohol motifs (C(OH)–C–C–N with tert-alkyl or cyclic N) is 1. The zero-order chi connectivity index (χ0) is 7.61. The number of primary amides is 1. The molecule has 1 fully saturated rings. The number of amides is 1. The van der Waals surface area contributed by atoms with Gasteiger partial charge in [0, 0.05) is 6.54 Å². The van der Waals surface area contributed by atoms with E-state index in [-0.39, 0.29) is 0 Å². The minimum absolute atomic E-state index is 0.294. The van der Waals surface area contributed by atoms with Crippen molar-refractivity contribution >= 4 is 5.91 Å². The topological polar surface area (TPSA) is 75.4 Å². The number of nitrogens with two attached hydrogens (primary N) is 1. The van der Waals surface area contributed by atoms with Gasteiger partial charge < -0.3 is 16.2 Å². The molecule has 0 bridgehead atoms. The number of aliphatic hydroxyl groups is 1. The highest BCUT2D eigenvalue weighted by Crippen LogP contribution is 2.14. The number of carbonyl (C=O) groups is 1. The Morgan fingerprint density at radius 3 is 2.70 bits per heavy atom. The smallest absolute Gasteiger partial charge is 0.250 e. The Kier molecular flexibility index (Phi) is 1.92. The number of hydrogen-bond donors (Lipinski definition) is 3. The lowest BCUT2D eigenvalue weighted by molar-refractivity contribution is -0.137. The molecular formula is C6H12N2O2. The van der Waals surface area contributed by atoms with Crippen molar-refractivity contribution in [3.8, 4) is 0 Å². The monoisotopic (exact) mass is 144 g/mol. The first-order valence-electron chi connectivity index (χ1n) is 3.38. The zero-order valence-corrected chi connectivity index (χ0v) is 5.76. The maximum Gasteiger partial charge on any atom is 0.250 e. The van der Waals surface area contributed by atoms with E-state index in [0.717, 1.165) is 13.0 Å². The Labute approximate surface area is 59.4 Å². The van der Waals surface area contributed by atoms with Crippen LogP contribution < -0.4 is 11.1 Å². The van der Waals surface area contributed by atoms with Crippen LogP contribution in [0.4, 0.5) is 0 Å². The summed E-state index contributed by atoms with van der Waals surface area (Å²) in [6.45, 7) is 1.15. The van der Waals surface area contributed by atoms with Crippen molar-refractivity contribution in [3.05, 3.63) is 0 Å². The van der Waals surface area contributed by atoms with Crippen LogP contribution in [0.5, 0.6) is 0 Å². The zero-order valence-electron chi connectivity index (χ0n) is 5.76. The first-order chi connectivity index (χ1) is 4.65. The van der Waals surface area contributed by atoms with Crippen LogP contribution in [0.2, 0.25) is 0 Å². The molecule has 1 heterocycles. The van der Waals surface area contributed by atoms with Crippen molar-refractivity contribution in [1.29, 1.82) is 0 Å². The third-order valence-corrected chi connectivity index (χ3v) is 1.82. The predicted octanol–water partition coefficient (Wildman–Crippen LogP) is -1.41. The number of hydrogen-bond acceptors (Lipinski definition) is 3. The Hall–Kier alpha value is -0.610. The van der Waals surface area contributed by atoms with E-state index in [2.05, 4.69) is 5.32 Å². The van der Waals surface area contributed by atoms with E-state index < -0.39 is 11.5 Å². The number of rotatable bonds is 1. The molecule has 0 aromatic heterocycles. The predicted molar refractivity (Wildman–Crippen MR) is 36.2 cm³/mol. The molecule has 58 valence electrons. The minimum atomic E-state index is -1.29. The van der Waals surface area contributed by atoms with Crippen molar-refractivity contribution in [1.82, 2.24) is 5.32 Å². The standard InChI is InChI=1S/C6H12N2O2/c7-5(9)6(10)2-1-3-8-4-6/h8,10H,1-4H2,(H2,7,9). The second kappa shape index (κ2) is 2.56. The average molecular weight is 144 g/mol. The fourth-order valence-corrected chi connectivity index (χ4v) is 1.10. The van der Waals surface area contributed by atoms with Gasteiger partial charge in [-0.05, 0) is 19.4 Å². The summed E-state index contributed by atoms with van der Waals surface area (Å²) in [5, 5.41) is 12.3. The highest BCUT2D eigenvalue weighted by atomic mass is 16.3. The van der Waals surface area contributed by atoms with Crippen LogP contribution in [0.25, 0.3) is 0 Å². The third kappa shape index (κ3) is 1.27. The summed E-state index contributed by atoms with van der Waals surface area (Å²) in [6.07, 6.45) is 1.29. The van der Waals surface area contributed by atoms with Crippen molar-refractivity contribution in [2.24, 2.45) is 5.73 Å². The molecular weight excluding hydrogens is 132 g/mol. The Morgan fingerprint density at radius 2 is 2.40 bits per heavy atom. The van der Waals surface area contributed by atoms with Crippen LogP contribution in [0.3, 0.4) is 0 Å². The minimum Gasteiger partial charge on any atom is -0.379 e. The summed E-state index contributed by atoms with van der Waals surface area (Å²) in [5.74, 6) is -0.625. The highest BCUT2D eigenvalue weighted by Gasteiger charge is 2.34. The molecule has 1 saturated heterocycles. The van der Waals surface area contributed by atoms with Gasteiger partial charge in [0.05, 0.1) is 0 Å². The maximum absolute atomic E-state index is 10.6. The van der Waals surface area contributed by atoms with Gasteiger partial charge in [0.1, 0.15) is 0 Å². The molecule has 1 rings (SSSR count). The Bertz CT molecular complexity index is 141. The fraction of sp³-hybridized carbons (Fsp3) is 0.833. The van der Waals surface area contributed by atoms with E-state index in [0.29, 0.717) is 13.0 Å². The fourth-order valence-electron chi connectivity index (χ4n) is 1.10. The second-order valence-corrected chi connectivity index (χ2v) is 2.68. The van der Waals surface area contributed by atoms with Gasteiger partial charge in [0.15, 0.2) is 5.60 Å². The van der Waals surface area contributed by atoms with Crippen LogP contribution in [0, 0.1) is 0 Å². The summed E-state index contributed by atoms with van der Waals surface area (Å²) in [4.78, 5) is 10.6. The summed E-state index contributed by atoms with van der Waals surface area (Å²) < 4.78 is 0. The molecule has 0 saturated carbocycles. The lowest BCUT2D eigenvalue weighted by Gasteiger charge is -2.29. The first-order valence-corrected chi connectivity index (χ1v) is 3.38. The summed E-state index contributed by atoms with van der Waals surface area (Å²) >= 11 is 0. The quantitative estimate of drug-likeness (QED) is 0.423. The van der Waals surface area contributed by atoms with Gasteiger partial charge in [-0.25, -0.2) is 0 Å². The Morgan fingerprint density at radius 1 is 1.70 bits per heavy atom. The van der Waals surface area contributed by atoms with Gasteiger partial charge in [-0.1, -0.05) is 0 Å². The first kappa shape index (κ1) is 7.50. The average Bonchev–Trinajstić information content (AvgIpc) is 1.89. The molecule has 4 heteroatoms. The van der Waals surface area contributed by atoms with Crippen LogP contribution in [0.15, 0.2) is 0 Å². The number of nitrogens with one attached hydrogen (secondary N) is 1. The molecule has 1 aliphatic rings. The van der Waals surface area contributed by atoms with E-state index in [1.807, 2.05) is 0 Å². The van der Waals surface area contributed by atoms with Gasteiger partial charge in [0.25, 0.3) is 5.91 Å². The molecule has 1 amide bonds. The molecule has 4 nitrogen and oxygen atoms in total. The number of carbonyl (C=O) groups excluding carboxylic acids is 1. The van der Waals surface area contributed by atoms with Crippen molar-refractivity contribution in [3.63, 3.8) is 0 Å². The molecule has 1 unspecified atom stereocenters. The van der Waals surface area contributed by atoms with Crippen LogP contribution in [0.1, 0.15) is 12.8 Å². The molecule has 1 atom stereocenters. The highest BCUT2D eigenvalue weighted by molar-refractivity contribution is 5.83. The van der Waals surface area contributed by atoms with E-state index in [1.54, 1.807) is 0 Å². The maximum atomic E-state index is 10.6. The Balaban J connectivity index is 2.56. The van der Waals surface area contributed by atoms with Crippen molar-refractivity contribution in [2.75, 3.05) is 13.1 Å². The summed E-state index contributed by atoms with van der Waals surface area (Å²) in [7, 11) is 0. The van der Waals surface area contributed by atoms with Gasteiger partial charge in [-0.2, -0.15) is 0 Å². The second-order valence-electron chi connectivity index (χ2n) is 2.68. The molecule has 10 heavy (non-hydrogen) atoms. The molecule has 0 spiro atoms. The molecule has 0 radical (unpaired) electrons. The molecule has 0 aromatic rings. The largest absolute Gasteiger partial charge is 0.379 e.